The predicted octanol–water partition coefficient (Wildman–Crippen LogP) is 5.67. The predicted molar refractivity (Wildman–Crippen MR) is 112 cm³/mol. The second-order valence-corrected chi connectivity index (χ2v) is 7.02. The topological polar surface area (TPSA) is 80.3 Å². The molecule has 0 saturated heterocycles. The van der Waals surface area contributed by atoms with E-state index in [9.17, 15) is 10.1 Å². The first-order chi connectivity index (χ1) is 13.5. The number of hydrogen-bond donors (Lipinski definition) is 2. The van der Waals surface area contributed by atoms with E-state index >= 15 is 0 Å². The molecule has 0 saturated carbocycles. The fourth-order valence-electron chi connectivity index (χ4n) is 2.75. The normalized spacial score (nSPS) is 10.8. The van der Waals surface area contributed by atoms with Crippen molar-refractivity contribution in [1.29, 1.82) is 0 Å². The highest BCUT2D eigenvalue weighted by atomic mass is 35.5. The number of furan rings is 1. The number of hydrogen-bond acceptors (Lipinski definition) is 5. The highest BCUT2D eigenvalue weighted by molar-refractivity contribution is 6.33. The standard InChI is InChI=1S/C20H19Cl2N3O3/c1-13-16(3-2-4-17(13)21)20-8-6-15(28-20)12-23-9-10-24-19-7-5-14(25(26)27)11-18(19)22/h2-8,11,23-24H,9-10,12H2,1H3. The fraction of sp³-hybridized carbons (Fsp3) is 0.200. The molecule has 146 valence electrons. The van der Waals surface area contributed by atoms with Crippen LogP contribution >= 0.6 is 23.2 Å². The zero-order chi connectivity index (χ0) is 20.1. The molecule has 3 aromatic rings. The first kappa shape index (κ1) is 20.2. The second kappa shape index (κ2) is 9.10. The minimum Gasteiger partial charge on any atom is -0.460 e. The van der Waals surface area contributed by atoms with Gasteiger partial charge in [0.05, 0.1) is 22.2 Å². The highest BCUT2D eigenvalue weighted by Crippen LogP contribution is 2.29. The molecule has 1 heterocycles. The van der Waals surface area contributed by atoms with Crippen LogP contribution in [-0.4, -0.2) is 18.0 Å². The lowest BCUT2D eigenvalue weighted by atomic mass is 10.1. The first-order valence-electron chi connectivity index (χ1n) is 8.68. The van der Waals surface area contributed by atoms with Crippen LogP contribution in [0.2, 0.25) is 10.0 Å². The number of rotatable bonds is 8. The van der Waals surface area contributed by atoms with Crippen molar-refractivity contribution in [2.45, 2.75) is 13.5 Å². The lowest BCUT2D eigenvalue weighted by Gasteiger charge is -2.09. The lowest BCUT2D eigenvalue weighted by molar-refractivity contribution is -0.384. The maximum absolute atomic E-state index is 10.7. The zero-order valence-corrected chi connectivity index (χ0v) is 16.7. The molecule has 2 aromatic carbocycles. The Balaban J connectivity index is 1.48. The number of nitro benzene ring substituents is 1. The molecule has 0 radical (unpaired) electrons. The number of halogens is 2. The van der Waals surface area contributed by atoms with E-state index in [1.165, 1.54) is 12.1 Å². The molecule has 0 spiro atoms. The molecule has 1 aromatic heterocycles. The van der Waals surface area contributed by atoms with Crippen LogP contribution in [0.5, 0.6) is 0 Å². The van der Waals surface area contributed by atoms with E-state index in [1.807, 2.05) is 37.3 Å². The molecule has 6 nitrogen and oxygen atoms in total. The van der Waals surface area contributed by atoms with Gasteiger partial charge in [-0.3, -0.25) is 10.1 Å². The van der Waals surface area contributed by atoms with Gasteiger partial charge in [0.2, 0.25) is 0 Å². The molecule has 28 heavy (non-hydrogen) atoms. The molecule has 0 aliphatic rings. The van der Waals surface area contributed by atoms with Gasteiger partial charge in [-0.2, -0.15) is 0 Å². The van der Waals surface area contributed by atoms with Gasteiger partial charge in [-0.1, -0.05) is 35.3 Å². The zero-order valence-electron chi connectivity index (χ0n) is 15.2. The molecule has 0 unspecified atom stereocenters. The van der Waals surface area contributed by atoms with E-state index in [0.717, 1.165) is 22.6 Å². The van der Waals surface area contributed by atoms with Crippen LogP contribution in [0.4, 0.5) is 11.4 Å². The van der Waals surface area contributed by atoms with Gasteiger partial charge in [-0.25, -0.2) is 0 Å². The molecule has 0 amide bonds. The van der Waals surface area contributed by atoms with E-state index < -0.39 is 4.92 Å². The summed E-state index contributed by atoms with van der Waals surface area (Å²) in [6.07, 6.45) is 0. The third-order valence-corrected chi connectivity index (χ3v) is 5.00. The molecule has 0 bridgehead atoms. The lowest BCUT2D eigenvalue weighted by Crippen LogP contribution is -2.21. The molecule has 0 atom stereocenters. The van der Waals surface area contributed by atoms with Crippen LogP contribution in [0, 0.1) is 17.0 Å². The van der Waals surface area contributed by atoms with Crippen molar-refractivity contribution in [3.63, 3.8) is 0 Å². The van der Waals surface area contributed by atoms with E-state index in [-0.39, 0.29) is 5.69 Å². The Labute approximate surface area is 172 Å². The van der Waals surface area contributed by atoms with Crippen LogP contribution in [0.3, 0.4) is 0 Å². The number of non-ortho nitro benzene ring substituents is 1. The molecule has 8 heteroatoms. The van der Waals surface area contributed by atoms with Crippen molar-refractivity contribution in [2.24, 2.45) is 0 Å². The van der Waals surface area contributed by atoms with Gasteiger partial charge >= 0.3 is 0 Å². The Morgan fingerprint density at radius 2 is 1.89 bits per heavy atom. The van der Waals surface area contributed by atoms with Gasteiger partial charge in [0.1, 0.15) is 11.5 Å². The summed E-state index contributed by atoms with van der Waals surface area (Å²) < 4.78 is 5.90. The molecular formula is C20H19Cl2N3O3. The van der Waals surface area contributed by atoms with Crippen molar-refractivity contribution in [2.75, 3.05) is 18.4 Å². The Hall–Kier alpha value is -2.54. The minimum atomic E-state index is -0.472. The van der Waals surface area contributed by atoms with E-state index in [2.05, 4.69) is 10.6 Å². The quantitative estimate of drug-likeness (QED) is 0.279. The van der Waals surface area contributed by atoms with Crippen LogP contribution in [0.1, 0.15) is 11.3 Å². The third kappa shape index (κ3) is 4.84. The Bertz CT molecular complexity index is 989. The van der Waals surface area contributed by atoms with E-state index in [1.54, 1.807) is 6.07 Å². The van der Waals surface area contributed by atoms with Gasteiger partial charge in [0.15, 0.2) is 0 Å². The summed E-state index contributed by atoms with van der Waals surface area (Å²) in [7, 11) is 0. The van der Waals surface area contributed by atoms with Crippen molar-refractivity contribution in [3.8, 4) is 11.3 Å². The fourth-order valence-corrected chi connectivity index (χ4v) is 3.17. The average Bonchev–Trinajstić information content (AvgIpc) is 3.13. The number of nitrogens with one attached hydrogen (secondary N) is 2. The van der Waals surface area contributed by atoms with Gasteiger partial charge in [-0.05, 0) is 36.8 Å². The molecule has 0 aliphatic heterocycles. The molecule has 0 fully saturated rings. The molecular weight excluding hydrogens is 401 g/mol. The minimum absolute atomic E-state index is 0.0303. The monoisotopic (exact) mass is 419 g/mol. The Morgan fingerprint density at radius 3 is 2.64 bits per heavy atom. The summed E-state index contributed by atoms with van der Waals surface area (Å²) in [4.78, 5) is 10.3. The molecule has 3 rings (SSSR count). The summed E-state index contributed by atoms with van der Waals surface area (Å²) >= 11 is 12.2. The highest BCUT2D eigenvalue weighted by Gasteiger charge is 2.10. The van der Waals surface area contributed by atoms with Crippen LogP contribution < -0.4 is 10.6 Å². The summed E-state index contributed by atoms with van der Waals surface area (Å²) in [5.41, 5.74) is 2.60. The molecule has 0 aliphatic carbocycles. The van der Waals surface area contributed by atoms with Crippen LogP contribution in [0.15, 0.2) is 52.9 Å². The summed E-state index contributed by atoms with van der Waals surface area (Å²) in [6, 6.07) is 14.0. The van der Waals surface area contributed by atoms with Crippen LogP contribution in [-0.2, 0) is 6.54 Å². The second-order valence-electron chi connectivity index (χ2n) is 6.20. The van der Waals surface area contributed by atoms with Gasteiger partial charge in [-0.15, -0.1) is 0 Å². The summed E-state index contributed by atoms with van der Waals surface area (Å²) in [6.45, 7) is 3.82. The van der Waals surface area contributed by atoms with E-state index in [0.29, 0.717) is 35.4 Å². The number of anilines is 1. The Morgan fingerprint density at radius 1 is 1.07 bits per heavy atom. The first-order valence-corrected chi connectivity index (χ1v) is 9.44. The number of nitro groups is 1. The van der Waals surface area contributed by atoms with Crippen molar-refractivity contribution >= 4 is 34.6 Å². The number of benzene rings is 2. The maximum Gasteiger partial charge on any atom is 0.271 e. The van der Waals surface area contributed by atoms with Crippen molar-refractivity contribution in [1.82, 2.24) is 5.32 Å². The third-order valence-electron chi connectivity index (χ3n) is 4.27. The van der Waals surface area contributed by atoms with Crippen LogP contribution in [0.25, 0.3) is 11.3 Å². The smallest absolute Gasteiger partial charge is 0.271 e. The van der Waals surface area contributed by atoms with Crippen molar-refractivity contribution < 1.29 is 9.34 Å². The van der Waals surface area contributed by atoms with Gasteiger partial charge < -0.3 is 15.1 Å². The summed E-state index contributed by atoms with van der Waals surface area (Å²) in [5.74, 6) is 1.61. The van der Waals surface area contributed by atoms with E-state index in [4.69, 9.17) is 27.6 Å². The van der Waals surface area contributed by atoms with Gasteiger partial charge in [0, 0.05) is 35.8 Å². The number of nitrogens with zero attached hydrogens (tertiary/aromatic N) is 1. The summed E-state index contributed by atoms with van der Waals surface area (Å²) in [5, 5.41) is 18.2. The van der Waals surface area contributed by atoms with Gasteiger partial charge in [0.25, 0.3) is 5.69 Å². The SMILES string of the molecule is Cc1c(Cl)cccc1-c1ccc(CNCCNc2ccc([N+](=O)[O-])cc2Cl)o1. The van der Waals surface area contributed by atoms with Crippen molar-refractivity contribution in [3.05, 3.63) is 80.0 Å². The maximum atomic E-state index is 10.7. The molecule has 2 N–H and O–H groups in total. The average molecular weight is 420 g/mol. The Kier molecular flexibility index (Phi) is 6.57. The largest absolute Gasteiger partial charge is 0.460 e.